The monoisotopic (exact) mass is 255 g/mol. The normalized spacial score (nSPS) is 38.7. The number of hydrogen-bond acceptors (Lipinski definition) is 3. The molecule has 3 aliphatic rings. The average molecular weight is 255 g/mol. The molecule has 1 spiro atoms. The van der Waals surface area contributed by atoms with Gasteiger partial charge in [-0.25, -0.2) is 0 Å². The highest BCUT2D eigenvalue weighted by Crippen LogP contribution is 2.62. The molecule has 3 fully saturated rings. The molecule has 3 atom stereocenters. The third-order valence-electron chi connectivity index (χ3n) is 5.25. The van der Waals surface area contributed by atoms with E-state index < -0.39 is 0 Å². The van der Waals surface area contributed by atoms with Crippen LogP contribution in [-0.2, 0) is 14.9 Å². The average Bonchev–Trinajstić information content (AvgIpc) is 3.15. The van der Waals surface area contributed by atoms with Crippen molar-refractivity contribution in [2.24, 2.45) is 11.8 Å². The molecule has 0 N–H and O–H groups in total. The van der Waals surface area contributed by atoms with Crippen LogP contribution in [0.15, 0.2) is 30.3 Å². The van der Waals surface area contributed by atoms with Gasteiger partial charge in [0.1, 0.15) is 0 Å². The lowest BCUT2D eigenvalue weighted by Gasteiger charge is -2.39. The maximum absolute atomic E-state index is 9.79. The van der Waals surface area contributed by atoms with E-state index in [4.69, 9.17) is 9.47 Å². The van der Waals surface area contributed by atoms with Crippen LogP contribution < -0.4 is 0 Å². The third-order valence-corrected chi connectivity index (χ3v) is 5.25. The Hall–Kier alpha value is -1.37. The fourth-order valence-electron chi connectivity index (χ4n) is 4.40. The molecule has 0 amide bonds. The Morgan fingerprint density at radius 1 is 1.05 bits per heavy atom. The molecule has 0 radical (unpaired) electrons. The number of rotatable bonds is 1. The molecular weight excluding hydrogens is 238 g/mol. The van der Waals surface area contributed by atoms with E-state index in [2.05, 4.69) is 18.2 Å². The molecule has 98 valence electrons. The van der Waals surface area contributed by atoms with Gasteiger partial charge in [-0.1, -0.05) is 30.3 Å². The molecular formula is C16H17NO2. The fraction of sp³-hybridized carbons (Fsp3) is 0.562. The first-order chi connectivity index (χ1) is 9.29. The van der Waals surface area contributed by atoms with E-state index >= 15 is 0 Å². The van der Waals surface area contributed by atoms with E-state index in [9.17, 15) is 5.26 Å². The molecule has 19 heavy (non-hydrogen) atoms. The predicted molar refractivity (Wildman–Crippen MR) is 69.2 cm³/mol. The molecule has 1 aromatic rings. The van der Waals surface area contributed by atoms with E-state index in [-0.39, 0.29) is 11.2 Å². The van der Waals surface area contributed by atoms with Gasteiger partial charge in [0, 0.05) is 12.3 Å². The minimum Gasteiger partial charge on any atom is -0.347 e. The van der Waals surface area contributed by atoms with Gasteiger partial charge in [-0.2, -0.15) is 5.26 Å². The van der Waals surface area contributed by atoms with Crippen molar-refractivity contribution >= 4 is 0 Å². The molecule has 2 bridgehead atoms. The highest BCUT2D eigenvalue weighted by Gasteiger charge is 2.64. The summed E-state index contributed by atoms with van der Waals surface area (Å²) in [5, 5.41) is 9.79. The van der Waals surface area contributed by atoms with E-state index in [0.29, 0.717) is 25.0 Å². The maximum atomic E-state index is 9.79. The van der Waals surface area contributed by atoms with Gasteiger partial charge >= 0.3 is 0 Å². The van der Waals surface area contributed by atoms with Crippen LogP contribution in [-0.4, -0.2) is 19.0 Å². The van der Waals surface area contributed by atoms with Gasteiger partial charge in [0.2, 0.25) is 0 Å². The first-order valence-electron chi connectivity index (χ1n) is 7.04. The molecule has 1 aliphatic heterocycles. The standard InChI is InChI=1S/C16H17NO2/c17-11-15(12-4-2-1-3-5-12)9-14-8-13(15)10-16(14)18-6-7-19-16/h1-5,13-14H,6-10H2/t13?,14?,15-/m1/s1. The Balaban J connectivity index is 1.71. The summed E-state index contributed by atoms with van der Waals surface area (Å²) in [7, 11) is 0. The van der Waals surface area contributed by atoms with E-state index in [1.807, 2.05) is 18.2 Å². The van der Waals surface area contributed by atoms with Crippen molar-refractivity contribution in [2.75, 3.05) is 13.2 Å². The summed E-state index contributed by atoms with van der Waals surface area (Å²) in [6.45, 7) is 1.40. The number of hydrogen-bond donors (Lipinski definition) is 0. The van der Waals surface area contributed by atoms with Crippen molar-refractivity contribution in [3.05, 3.63) is 35.9 Å². The largest absolute Gasteiger partial charge is 0.347 e. The highest BCUT2D eigenvalue weighted by atomic mass is 16.7. The highest BCUT2D eigenvalue weighted by molar-refractivity contribution is 5.38. The zero-order valence-electron chi connectivity index (χ0n) is 10.8. The van der Waals surface area contributed by atoms with Crippen LogP contribution in [0.5, 0.6) is 0 Å². The van der Waals surface area contributed by atoms with Gasteiger partial charge in [0.15, 0.2) is 5.79 Å². The number of nitriles is 1. The molecule has 1 heterocycles. The summed E-state index contributed by atoms with van der Waals surface area (Å²) in [6.07, 6.45) is 2.81. The van der Waals surface area contributed by atoms with Crippen molar-refractivity contribution in [1.82, 2.24) is 0 Å². The molecule has 1 saturated heterocycles. The van der Waals surface area contributed by atoms with E-state index in [1.165, 1.54) is 0 Å². The molecule has 1 aromatic carbocycles. The second-order valence-electron chi connectivity index (χ2n) is 6.00. The van der Waals surface area contributed by atoms with Crippen LogP contribution in [0.1, 0.15) is 24.8 Å². The Bertz CT molecular complexity index is 529. The quantitative estimate of drug-likeness (QED) is 0.774. The summed E-state index contributed by atoms with van der Waals surface area (Å²) in [4.78, 5) is 0. The molecule has 3 heteroatoms. The number of fused-ring (bicyclic) bond motifs is 3. The fourth-order valence-corrected chi connectivity index (χ4v) is 4.40. The second-order valence-corrected chi connectivity index (χ2v) is 6.00. The summed E-state index contributed by atoms with van der Waals surface area (Å²) >= 11 is 0. The van der Waals surface area contributed by atoms with Crippen LogP contribution >= 0.6 is 0 Å². The van der Waals surface area contributed by atoms with Crippen LogP contribution in [0, 0.1) is 23.2 Å². The van der Waals surface area contributed by atoms with Crippen LogP contribution in [0.25, 0.3) is 0 Å². The van der Waals surface area contributed by atoms with Gasteiger partial charge in [-0.3, -0.25) is 0 Å². The summed E-state index contributed by atoms with van der Waals surface area (Å²) in [5.41, 5.74) is 0.838. The van der Waals surface area contributed by atoms with Crippen LogP contribution in [0.2, 0.25) is 0 Å². The Labute approximate surface area is 113 Å². The van der Waals surface area contributed by atoms with Crippen molar-refractivity contribution in [3.8, 4) is 6.07 Å². The lowest BCUT2D eigenvalue weighted by atomic mass is 9.68. The predicted octanol–water partition coefficient (Wildman–Crippen LogP) is 2.62. The van der Waals surface area contributed by atoms with Crippen LogP contribution in [0.3, 0.4) is 0 Å². The summed E-state index contributed by atoms with van der Waals surface area (Å²) < 4.78 is 11.8. The zero-order chi connectivity index (χ0) is 12.9. The third kappa shape index (κ3) is 1.39. The van der Waals surface area contributed by atoms with Gasteiger partial charge in [-0.05, 0) is 24.3 Å². The van der Waals surface area contributed by atoms with E-state index in [0.717, 1.165) is 24.8 Å². The van der Waals surface area contributed by atoms with Gasteiger partial charge in [-0.15, -0.1) is 0 Å². The molecule has 4 rings (SSSR count). The molecule has 0 aromatic heterocycles. The number of benzene rings is 1. The van der Waals surface area contributed by atoms with E-state index in [1.54, 1.807) is 0 Å². The van der Waals surface area contributed by atoms with Crippen LogP contribution in [0.4, 0.5) is 0 Å². The van der Waals surface area contributed by atoms with Crippen molar-refractivity contribution in [3.63, 3.8) is 0 Å². The number of ether oxygens (including phenoxy) is 2. The maximum Gasteiger partial charge on any atom is 0.171 e. The van der Waals surface area contributed by atoms with Crippen molar-refractivity contribution in [2.45, 2.75) is 30.5 Å². The Morgan fingerprint density at radius 2 is 1.79 bits per heavy atom. The smallest absolute Gasteiger partial charge is 0.171 e. The topological polar surface area (TPSA) is 42.2 Å². The first-order valence-corrected chi connectivity index (χ1v) is 7.04. The minimum atomic E-state index is -0.361. The number of nitrogens with zero attached hydrogens (tertiary/aromatic N) is 1. The summed E-state index contributed by atoms with van der Waals surface area (Å²) in [5.74, 6) is 0.377. The van der Waals surface area contributed by atoms with Gasteiger partial charge < -0.3 is 9.47 Å². The molecule has 2 saturated carbocycles. The van der Waals surface area contributed by atoms with Gasteiger partial charge in [0.05, 0.1) is 24.7 Å². The molecule has 3 nitrogen and oxygen atoms in total. The van der Waals surface area contributed by atoms with Crippen molar-refractivity contribution in [1.29, 1.82) is 5.26 Å². The molecule has 2 aliphatic carbocycles. The minimum absolute atomic E-state index is 0.327. The lowest BCUT2D eigenvalue weighted by Crippen LogP contribution is -2.44. The Morgan fingerprint density at radius 3 is 2.37 bits per heavy atom. The summed E-state index contributed by atoms with van der Waals surface area (Å²) in [6, 6.07) is 12.9. The Kier molecular flexibility index (Phi) is 2.30. The molecule has 2 unspecified atom stereocenters. The lowest BCUT2D eigenvalue weighted by molar-refractivity contribution is -0.194. The zero-order valence-corrected chi connectivity index (χ0v) is 10.8. The van der Waals surface area contributed by atoms with Crippen molar-refractivity contribution < 1.29 is 9.47 Å². The first kappa shape index (κ1) is 11.5. The second kappa shape index (κ2) is 3.82. The van der Waals surface area contributed by atoms with Gasteiger partial charge in [0.25, 0.3) is 0 Å². The SMILES string of the molecule is N#C[C@@]1(c2ccccc2)CC2CC1CC21OCCO1.